The molecule has 13 heavy (non-hydrogen) atoms. The van der Waals surface area contributed by atoms with Crippen LogP contribution in [0.3, 0.4) is 0 Å². The zero-order valence-corrected chi connectivity index (χ0v) is 7.43. The monoisotopic (exact) mass is 177 g/mol. The van der Waals surface area contributed by atoms with E-state index in [4.69, 9.17) is 10.00 Å². The first-order valence-electron chi connectivity index (χ1n) is 4.43. The predicted octanol–water partition coefficient (Wildman–Crippen LogP) is 1.12. The lowest BCUT2D eigenvalue weighted by atomic mass is 9.84. The summed E-state index contributed by atoms with van der Waals surface area (Å²) in [5.41, 5.74) is 0. The Morgan fingerprint density at radius 3 is 2.85 bits per heavy atom. The number of nitrogens with zero attached hydrogens (tertiary/aromatic N) is 1. The Morgan fingerprint density at radius 2 is 2.23 bits per heavy atom. The van der Waals surface area contributed by atoms with Crippen molar-refractivity contribution in [1.82, 2.24) is 0 Å². The zero-order chi connectivity index (χ0) is 9.42. The van der Waals surface area contributed by atoms with Crippen molar-refractivity contribution in [3.05, 3.63) is 12.2 Å². The van der Waals surface area contributed by atoms with Crippen LogP contribution in [0.1, 0.15) is 6.42 Å². The second-order valence-corrected chi connectivity index (χ2v) is 3.65. The molecule has 2 bridgehead atoms. The maximum Gasteiger partial charge on any atom is 0.310 e. The molecule has 1 fully saturated rings. The van der Waals surface area contributed by atoms with E-state index in [-0.39, 0.29) is 29.6 Å². The lowest BCUT2D eigenvalue weighted by molar-refractivity contribution is -0.147. The molecular weight excluding hydrogens is 166 g/mol. The van der Waals surface area contributed by atoms with Gasteiger partial charge in [-0.2, -0.15) is 5.26 Å². The van der Waals surface area contributed by atoms with Gasteiger partial charge in [-0.3, -0.25) is 4.79 Å². The van der Waals surface area contributed by atoms with Crippen LogP contribution in [0.25, 0.3) is 0 Å². The summed E-state index contributed by atoms with van der Waals surface area (Å²) in [7, 11) is 1.38. The molecule has 0 saturated heterocycles. The molecule has 2 aliphatic carbocycles. The number of nitriles is 1. The topological polar surface area (TPSA) is 50.1 Å². The van der Waals surface area contributed by atoms with E-state index in [0.29, 0.717) is 0 Å². The molecule has 4 atom stereocenters. The minimum absolute atomic E-state index is 0.164. The highest BCUT2D eigenvalue weighted by atomic mass is 16.5. The number of ether oxygens (including phenoxy) is 1. The summed E-state index contributed by atoms with van der Waals surface area (Å²) in [4.78, 5) is 11.4. The molecule has 0 spiro atoms. The van der Waals surface area contributed by atoms with Gasteiger partial charge in [0.25, 0.3) is 0 Å². The van der Waals surface area contributed by atoms with Crippen molar-refractivity contribution in [2.75, 3.05) is 7.11 Å². The summed E-state index contributed by atoms with van der Waals surface area (Å²) in [6.07, 6.45) is 5.04. The predicted molar refractivity (Wildman–Crippen MR) is 45.3 cm³/mol. The van der Waals surface area contributed by atoms with Gasteiger partial charge < -0.3 is 4.74 Å². The van der Waals surface area contributed by atoms with Gasteiger partial charge in [0.2, 0.25) is 0 Å². The Morgan fingerprint density at radius 1 is 1.54 bits per heavy atom. The van der Waals surface area contributed by atoms with E-state index in [1.807, 2.05) is 6.08 Å². The highest BCUT2D eigenvalue weighted by Gasteiger charge is 2.48. The first-order chi connectivity index (χ1) is 6.27. The van der Waals surface area contributed by atoms with E-state index < -0.39 is 0 Å². The van der Waals surface area contributed by atoms with Crippen LogP contribution in [0.4, 0.5) is 0 Å². The molecule has 1 saturated carbocycles. The molecule has 3 heteroatoms. The second kappa shape index (κ2) is 2.88. The first kappa shape index (κ1) is 8.31. The molecule has 0 unspecified atom stereocenters. The highest BCUT2D eigenvalue weighted by molar-refractivity contribution is 5.75. The smallest absolute Gasteiger partial charge is 0.310 e. The number of esters is 1. The van der Waals surface area contributed by atoms with E-state index in [0.717, 1.165) is 6.42 Å². The van der Waals surface area contributed by atoms with E-state index >= 15 is 0 Å². The molecule has 0 radical (unpaired) electrons. The van der Waals surface area contributed by atoms with Gasteiger partial charge in [0.1, 0.15) is 0 Å². The third-order valence-corrected chi connectivity index (χ3v) is 3.08. The largest absolute Gasteiger partial charge is 0.469 e. The van der Waals surface area contributed by atoms with Gasteiger partial charge in [-0.25, -0.2) is 0 Å². The van der Waals surface area contributed by atoms with Gasteiger partial charge >= 0.3 is 5.97 Å². The standard InChI is InChI=1S/C10H11NO2/c1-13-10(12)9-7-3-2-6(4-7)8(9)5-11/h2-3,6-9H,4H2,1H3/t6-,7+,8-,9+/m0/s1. The van der Waals surface area contributed by atoms with E-state index in [9.17, 15) is 4.79 Å². The Labute approximate surface area is 77.0 Å². The molecular formula is C10H11NO2. The van der Waals surface area contributed by atoms with Crippen molar-refractivity contribution in [3.63, 3.8) is 0 Å². The summed E-state index contributed by atoms with van der Waals surface area (Å²) in [5.74, 6) is -0.1000. The normalized spacial score (nSPS) is 40.3. The maximum atomic E-state index is 11.4. The van der Waals surface area contributed by atoms with Crippen LogP contribution in [-0.4, -0.2) is 13.1 Å². The molecule has 0 aromatic rings. The summed E-state index contributed by atoms with van der Waals surface area (Å²) in [6, 6.07) is 2.21. The molecule has 0 aromatic heterocycles. The average Bonchev–Trinajstić information content (AvgIpc) is 2.74. The van der Waals surface area contributed by atoms with Crippen LogP contribution in [0.2, 0.25) is 0 Å². The number of allylic oxidation sites excluding steroid dienone is 2. The molecule has 3 nitrogen and oxygen atoms in total. The van der Waals surface area contributed by atoms with Crippen molar-refractivity contribution >= 4 is 5.97 Å². The molecule has 68 valence electrons. The number of rotatable bonds is 1. The number of hydrogen-bond donors (Lipinski definition) is 0. The summed E-state index contributed by atoms with van der Waals surface area (Å²) < 4.78 is 4.69. The van der Waals surface area contributed by atoms with Crippen molar-refractivity contribution < 1.29 is 9.53 Å². The molecule has 0 heterocycles. The summed E-state index contributed by atoms with van der Waals surface area (Å²) in [5, 5.41) is 8.91. The molecule has 0 N–H and O–H groups in total. The highest BCUT2D eigenvalue weighted by Crippen LogP contribution is 2.47. The van der Waals surface area contributed by atoms with E-state index in [2.05, 4.69) is 12.1 Å². The average molecular weight is 177 g/mol. The number of carbonyl (C=O) groups is 1. The number of hydrogen-bond acceptors (Lipinski definition) is 3. The van der Waals surface area contributed by atoms with Crippen LogP contribution >= 0.6 is 0 Å². The van der Waals surface area contributed by atoms with Crippen molar-refractivity contribution in [2.45, 2.75) is 6.42 Å². The van der Waals surface area contributed by atoms with Crippen molar-refractivity contribution in [2.24, 2.45) is 23.7 Å². The summed E-state index contributed by atoms with van der Waals surface area (Å²) >= 11 is 0. The SMILES string of the molecule is COC(=O)[C@H]1[C@@H](C#N)[C@H]2C=C[C@@H]1C2. The minimum atomic E-state index is -0.233. The van der Waals surface area contributed by atoms with Gasteiger partial charge in [-0.1, -0.05) is 12.2 Å². The Hall–Kier alpha value is -1.30. The number of carbonyl (C=O) groups excluding carboxylic acids is 1. The molecule has 0 aromatic carbocycles. The van der Waals surface area contributed by atoms with Crippen LogP contribution < -0.4 is 0 Å². The van der Waals surface area contributed by atoms with Crippen LogP contribution in [0, 0.1) is 35.0 Å². The van der Waals surface area contributed by atoms with Crippen LogP contribution in [-0.2, 0) is 9.53 Å². The number of fused-ring (bicyclic) bond motifs is 2. The Balaban J connectivity index is 2.24. The first-order valence-corrected chi connectivity index (χ1v) is 4.43. The van der Waals surface area contributed by atoms with Crippen LogP contribution in [0.5, 0.6) is 0 Å². The number of methoxy groups -OCH3 is 1. The molecule has 0 aliphatic heterocycles. The minimum Gasteiger partial charge on any atom is -0.469 e. The third kappa shape index (κ3) is 1.06. The quantitative estimate of drug-likeness (QED) is 0.445. The van der Waals surface area contributed by atoms with Gasteiger partial charge in [0, 0.05) is 0 Å². The van der Waals surface area contributed by atoms with Crippen molar-refractivity contribution in [3.8, 4) is 6.07 Å². The molecule has 0 amide bonds. The van der Waals surface area contributed by atoms with Gasteiger partial charge in [0.15, 0.2) is 0 Å². The fraction of sp³-hybridized carbons (Fsp3) is 0.600. The Kier molecular flexibility index (Phi) is 1.84. The fourth-order valence-corrected chi connectivity index (χ4v) is 2.46. The van der Waals surface area contributed by atoms with Crippen molar-refractivity contribution in [1.29, 1.82) is 5.26 Å². The van der Waals surface area contributed by atoms with Gasteiger partial charge in [0.05, 0.1) is 25.0 Å². The lowest BCUT2D eigenvalue weighted by Crippen LogP contribution is -2.27. The van der Waals surface area contributed by atoms with Crippen LogP contribution in [0.15, 0.2) is 12.2 Å². The lowest BCUT2D eigenvalue weighted by Gasteiger charge is -2.19. The molecule has 2 rings (SSSR count). The van der Waals surface area contributed by atoms with Gasteiger partial charge in [-0.15, -0.1) is 0 Å². The summed E-state index contributed by atoms with van der Waals surface area (Å²) in [6.45, 7) is 0. The maximum absolute atomic E-state index is 11.4. The Bertz CT molecular complexity index is 303. The fourth-order valence-electron chi connectivity index (χ4n) is 2.46. The van der Waals surface area contributed by atoms with Gasteiger partial charge in [-0.05, 0) is 18.3 Å². The van der Waals surface area contributed by atoms with E-state index in [1.54, 1.807) is 0 Å². The third-order valence-electron chi connectivity index (χ3n) is 3.08. The second-order valence-electron chi connectivity index (χ2n) is 3.65. The molecule has 2 aliphatic rings. The zero-order valence-electron chi connectivity index (χ0n) is 7.43. The van der Waals surface area contributed by atoms with E-state index in [1.165, 1.54) is 7.11 Å².